The van der Waals surface area contributed by atoms with Crippen molar-refractivity contribution in [2.24, 2.45) is 5.92 Å². The van der Waals surface area contributed by atoms with Crippen LogP contribution in [0.5, 0.6) is 0 Å². The number of anilines is 1. The van der Waals surface area contributed by atoms with E-state index in [9.17, 15) is 4.79 Å². The van der Waals surface area contributed by atoms with Gasteiger partial charge >= 0.3 is 5.97 Å². The number of aromatic nitrogens is 2. The first-order valence-corrected chi connectivity index (χ1v) is 6.40. The van der Waals surface area contributed by atoms with E-state index < -0.39 is 5.97 Å². The molecular formula is C14H15N3O2. The van der Waals surface area contributed by atoms with Crippen LogP contribution in [0.4, 0.5) is 5.95 Å². The summed E-state index contributed by atoms with van der Waals surface area (Å²) in [7, 11) is 0. The fraction of sp³-hybridized carbons (Fsp3) is 0.357. The van der Waals surface area contributed by atoms with Crippen molar-refractivity contribution in [3.05, 3.63) is 30.0 Å². The number of carboxylic acids is 1. The zero-order valence-corrected chi connectivity index (χ0v) is 10.6. The number of carboxylic acid groups (broad SMARTS) is 1. The number of carbonyl (C=O) groups is 1. The van der Waals surface area contributed by atoms with Gasteiger partial charge in [0, 0.05) is 17.6 Å². The molecule has 1 fully saturated rings. The van der Waals surface area contributed by atoms with Gasteiger partial charge in [-0.1, -0.05) is 6.07 Å². The Labute approximate surface area is 110 Å². The predicted molar refractivity (Wildman–Crippen MR) is 72.3 cm³/mol. The Bertz CT molecular complexity index is 638. The Morgan fingerprint density at radius 3 is 2.95 bits per heavy atom. The van der Waals surface area contributed by atoms with Gasteiger partial charge in [0.15, 0.2) is 0 Å². The lowest BCUT2D eigenvalue weighted by atomic mass is 10.1. The Morgan fingerprint density at radius 2 is 2.26 bits per heavy atom. The van der Waals surface area contributed by atoms with Crippen LogP contribution in [-0.2, 0) is 0 Å². The highest BCUT2D eigenvalue weighted by Gasteiger charge is 2.28. The molecule has 1 aromatic heterocycles. The van der Waals surface area contributed by atoms with Gasteiger partial charge in [0.05, 0.1) is 11.1 Å². The normalized spacial score (nSPS) is 16.3. The number of benzene rings is 1. The standard InChI is InChI=1S/C14H15N3O2/c1-8(9-2-3-9)16-14-15-7-11-5-4-10(13(18)19)6-12(11)17-14/h4-9H,2-3H2,1H3,(H,18,19)(H,15,16,17). The fourth-order valence-corrected chi connectivity index (χ4v) is 2.14. The molecule has 0 bridgehead atoms. The zero-order valence-electron chi connectivity index (χ0n) is 10.6. The molecule has 0 amide bonds. The third-order valence-corrected chi connectivity index (χ3v) is 3.52. The Kier molecular flexibility index (Phi) is 2.81. The summed E-state index contributed by atoms with van der Waals surface area (Å²) in [6.07, 6.45) is 4.23. The van der Waals surface area contributed by atoms with E-state index in [2.05, 4.69) is 22.2 Å². The van der Waals surface area contributed by atoms with E-state index in [0.29, 0.717) is 23.4 Å². The number of nitrogens with one attached hydrogen (secondary N) is 1. The summed E-state index contributed by atoms with van der Waals surface area (Å²) in [5, 5.41) is 13.1. The summed E-state index contributed by atoms with van der Waals surface area (Å²) in [5.74, 6) is 0.334. The molecule has 0 aliphatic heterocycles. The van der Waals surface area contributed by atoms with Crippen LogP contribution in [0.1, 0.15) is 30.1 Å². The van der Waals surface area contributed by atoms with Crippen molar-refractivity contribution in [2.75, 3.05) is 5.32 Å². The molecule has 0 radical (unpaired) electrons. The van der Waals surface area contributed by atoms with Crippen molar-refractivity contribution in [3.63, 3.8) is 0 Å². The molecule has 2 aromatic rings. The van der Waals surface area contributed by atoms with Crippen LogP contribution in [0.15, 0.2) is 24.4 Å². The molecule has 3 rings (SSSR count). The van der Waals surface area contributed by atoms with Crippen molar-refractivity contribution in [1.82, 2.24) is 9.97 Å². The molecule has 0 saturated heterocycles. The largest absolute Gasteiger partial charge is 0.478 e. The van der Waals surface area contributed by atoms with Gasteiger partial charge in [0.2, 0.25) is 5.95 Å². The van der Waals surface area contributed by atoms with Gasteiger partial charge in [0.1, 0.15) is 0 Å². The zero-order chi connectivity index (χ0) is 13.4. The Balaban J connectivity index is 1.91. The fourth-order valence-electron chi connectivity index (χ4n) is 2.14. The lowest BCUT2D eigenvalue weighted by Crippen LogP contribution is -2.18. The number of fused-ring (bicyclic) bond motifs is 1. The lowest BCUT2D eigenvalue weighted by molar-refractivity contribution is 0.0697. The van der Waals surface area contributed by atoms with Crippen molar-refractivity contribution in [2.45, 2.75) is 25.8 Å². The molecular weight excluding hydrogens is 242 g/mol. The first kappa shape index (κ1) is 11.9. The molecule has 98 valence electrons. The molecule has 1 aromatic carbocycles. The molecule has 1 saturated carbocycles. The minimum atomic E-state index is -0.943. The second-order valence-corrected chi connectivity index (χ2v) is 5.04. The number of hydrogen-bond donors (Lipinski definition) is 2. The number of hydrogen-bond acceptors (Lipinski definition) is 4. The first-order valence-electron chi connectivity index (χ1n) is 6.40. The Hall–Kier alpha value is -2.17. The van der Waals surface area contributed by atoms with E-state index in [-0.39, 0.29) is 5.56 Å². The summed E-state index contributed by atoms with van der Waals surface area (Å²) in [4.78, 5) is 19.6. The SMILES string of the molecule is CC(Nc1ncc2ccc(C(=O)O)cc2n1)C1CC1. The number of nitrogens with zero attached hydrogens (tertiary/aromatic N) is 2. The van der Waals surface area contributed by atoms with E-state index in [1.807, 2.05) is 0 Å². The summed E-state index contributed by atoms with van der Waals surface area (Å²) in [6.45, 7) is 2.12. The molecule has 1 aliphatic carbocycles. The molecule has 2 N–H and O–H groups in total. The first-order chi connectivity index (χ1) is 9.13. The summed E-state index contributed by atoms with van der Waals surface area (Å²) in [5.41, 5.74) is 0.896. The highest BCUT2D eigenvalue weighted by Crippen LogP contribution is 2.33. The van der Waals surface area contributed by atoms with E-state index >= 15 is 0 Å². The average molecular weight is 257 g/mol. The van der Waals surface area contributed by atoms with Gasteiger partial charge in [-0.2, -0.15) is 0 Å². The van der Waals surface area contributed by atoms with Crippen molar-refractivity contribution >= 4 is 22.8 Å². The van der Waals surface area contributed by atoms with Gasteiger partial charge in [-0.25, -0.2) is 14.8 Å². The summed E-state index contributed by atoms with van der Waals surface area (Å²) >= 11 is 0. The van der Waals surface area contributed by atoms with Crippen LogP contribution in [0.2, 0.25) is 0 Å². The molecule has 1 heterocycles. The highest BCUT2D eigenvalue weighted by atomic mass is 16.4. The maximum Gasteiger partial charge on any atom is 0.335 e. The minimum Gasteiger partial charge on any atom is -0.478 e. The maximum absolute atomic E-state index is 10.9. The second-order valence-electron chi connectivity index (χ2n) is 5.04. The molecule has 1 aliphatic rings. The molecule has 5 nitrogen and oxygen atoms in total. The van der Waals surface area contributed by atoms with E-state index in [0.717, 1.165) is 5.39 Å². The molecule has 1 unspecified atom stereocenters. The van der Waals surface area contributed by atoms with Gasteiger partial charge < -0.3 is 10.4 Å². The van der Waals surface area contributed by atoms with Crippen molar-refractivity contribution < 1.29 is 9.90 Å². The molecule has 0 spiro atoms. The number of aromatic carboxylic acids is 1. The Morgan fingerprint density at radius 1 is 1.47 bits per heavy atom. The molecule has 5 heteroatoms. The molecule has 19 heavy (non-hydrogen) atoms. The topological polar surface area (TPSA) is 75.1 Å². The van der Waals surface area contributed by atoms with Crippen LogP contribution >= 0.6 is 0 Å². The third-order valence-electron chi connectivity index (χ3n) is 3.52. The van der Waals surface area contributed by atoms with Gasteiger partial charge in [-0.15, -0.1) is 0 Å². The average Bonchev–Trinajstić information content (AvgIpc) is 3.22. The second kappa shape index (κ2) is 4.50. The summed E-state index contributed by atoms with van der Waals surface area (Å²) < 4.78 is 0. The molecule has 1 atom stereocenters. The van der Waals surface area contributed by atoms with Crippen molar-refractivity contribution in [1.29, 1.82) is 0 Å². The smallest absolute Gasteiger partial charge is 0.335 e. The lowest BCUT2D eigenvalue weighted by Gasteiger charge is -2.12. The van der Waals surface area contributed by atoms with Crippen LogP contribution in [0, 0.1) is 5.92 Å². The summed E-state index contributed by atoms with van der Waals surface area (Å²) in [6, 6.07) is 5.23. The van der Waals surface area contributed by atoms with Crippen LogP contribution in [-0.4, -0.2) is 27.1 Å². The van der Waals surface area contributed by atoms with Gasteiger partial charge in [-0.05, 0) is 37.8 Å². The maximum atomic E-state index is 10.9. The van der Waals surface area contributed by atoms with Crippen LogP contribution in [0.3, 0.4) is 0 Å². The predicted octanol–water partition coefficient (Wildman–Crippen LogP) is 2.54. The third kappa shape index (κ3) is 2.50. The van der Waals surface area contributed by atoms with Gasteiger partial charge in [0.25, 0.3) is 0 Å². The quantitative estimate of drug-likeness (QED) is 0.880. The van der Waals surface area contributed by atoms with Crippen molar-refractivity contribution in [3.8, 4) is 0 Å². The van der Waals surface area contributed by atoms with Crippen LogP contribution < -0.4 is 5.32 Å². The van der Waals surface area contributed by atoms with E-state index in [1.165, 1.54) is 12.8 Å². The van der Waals surface area contributed by atoms with E-state index in [4.69, 9.17) is 5.11 Å². The van der Waals surface area contributed by atoms with E-state index in [1.54, 1.807) is 24.4 Å². The minimum absolute atomic E-state index is 0.243. The van der Waals surface area contributed by atoms with Crippen LogP contribution in [0.25, 0.3) is 10.9 Å². The number of rotatable bonds is 4. The monoisotopic (exact) mass is 257 g/mol. The highest BCUT2D eigenvalue weighted by molar-refractivity contribution is 5.93. The van der Waals surface area contributed by atoms with Gasteiger partial charge in [-0.3, -0.25) is 0 Å².